The number of hydrogen-bond donors (Lipinski definition) is 0. The van der Waals surface area contributed by atoms with Crippen LogP contribution in [0, 0.1) is 6.92 Å². The van der Waals surface area contributed by atoms with Crippen molar-refractivity contribution in [1.29, 1.82) is 0 Å². The van der Waals surface area contributed by atoms with Crippen LogP contribution in [0.3, 0.4) is 0 Å². The van der Waals surface area contributed by atoms with Gasteiger partial charge in [0.15, 0.2) is 11.4 Å². The van der Waals surface area contributed by atoms with Gasteiger partial charge < -0.3 is 13.9 Å². The number of carbonyl (C=O) groups is 1. The molecule has 1 aromatic heterocycles. The van der Waals surface area contributed by atoms with E-state index in [2.05, 4.69) is 15.9 Å². The van der Waals surface area contributed by atoms with Crippen molar-refractivity contribution in [3.63, 3.8) is 0 Å². The number of rotatable bonds is 4. The average molecular weight is 435 g/mol. The number of methoxy groups -OCH3 is 1. The van der Waals surface area contributed by atoms with E-state index in [1.165, 1.54) is 13.2 Å². The van der Waals surface area contributed by atoms with Crippen molar-refractivity contribution >= 4 is 38.8 Å². The monoisotopic (exact) mass is 434 g/mol. The highest BCUT2D eigenvalue weighted by Crippen LogP contribution is 2.47. The fourth-order valence-electron chi connectivity index (χ4n) is 3.22. The maximum absolute atomic E-state index is 13.4. The second-order valence-electron chi connectivity index (χ2n) is 7.52. The molecule has 144 valence electrons. The number of Topliss-reactive ketones (excluding diaryl/α,β-unsaturated/α-hetero) is 1. The lowest BCUT2D eigenvalue weighted by Gasteiger charge is -2.31. The van der Waals surface area contributed by atoms with Crippen LogP contribution in [0.1, 0.15) is 55.6 Å². The summed E-state index contributed by atoms with van der Waals surface area (Å²) in [6, 6.07) is 1.41. The molecule has 6 heteroatoms. The lowest BCUT2D eigenvalue weighted by molar-refractivity contribution is 0.0949. The Morgan fingerprint density at radius 1 is 1.37 bits per heavy atom. The summed E-state index contributed by atoms with van der Waals surface area (Å²) in [5.41, 5.74) is 0.755. The van der Waals surface area contributed by atoms with Gasteiger partial charge in [0.1, 0.15) is 22.7 Å². The van der Waals surface area contributed by atoms with Crippen molar-refractivity contribution in [2.75, 3.05) is 7.11 Å². The number of hydrogen-bond acceptors (Lipinski definition) is 5. The van der Waals surface area contributed by atoms with Crippen LogP contribution in [0.15, 0.2) is 21.4 Å². The molecule has 1 aliphatic rings. The van der Waals surface area contributed by atoms with Crippen molar-refractivity contribution in [1.82, 2.24) is 0 Å². The molecule has 2 heterocycles. The number of benzene rings is 1. The summed E-state index contributed by atoms with van der Waals surface area (Å²) in [6.07, 6.45) is 4.37. The van der Waals surface area contributed by atoms with Crippen LogP contribution in [0.5, 0.6) is 11.5 Å². The first-order chi connectivity index (χ1) is 12.5. The van der Waals surface area contributed by atoms with E-state index >= 15 is 0 Å². The fourth-order valence-corrected chi connectivity index (χ4v) is 3.42. The van der Waals surface area contributed by atoms with E-state index < -0.39 is 15.6 Å². The largest absolute Gasteiger partial charge is 0.495 e. The molecule has 0 radical (unpaired) electrons. The maximum Gasteiger partial charge on any atom is 0.336 e. The zero-order valence-electron chi connectivity index (χ0n) is 16.4. The molecule has 0 aliphatic carbocycles. The lowest BCUT2D eigenvalue weighted by atomic mass is 9.89. The third kappa shape index (κ3) is 3.20. The fraction of sp³-hybridized carbons (Fsp3) is 0.429. The van der Waals surface area contributed by atoms with Gasteiger partial charge >= 0.3 is 5.63 Å². The van der Waals surface area contributed by atoms with Crippen molar-refractivity contribution in [3.8, 4) is 11.5 Å². The Morgan fingerprint density at radius 3 is 2.63 bits per heavy atom. The second-order valence-corrected chi connectivity index (χ2v) is 9.27. The molecule has 27 heavy (non-hydrogen) atoms. The smallest absolute Gasteiger partial charge is 0.336 e. The quantitative estimate of drug-likeness (QED) is 0.383. The van der Waals surface area contributed by atoms with Crippen molar-refractivity contribution < 1.29 is 18.7 Å². The van der Waals surface area contributed by atoms with E-state index in [1.807, 2.05) is 39.8 Å². The minimum atomic E-state index is -0.817. The molecule has 0 amide bonds. The lowest BCUT2D eigenvalue weighted by Crippen LogP contribution is -2.30. The van der Waals surface area contributed by atoms with E-state index in [9.17, 15) is 9.59 Å². The molecule has 1 atom stereocenters. The molecule has 0 spiro atoms. The number of alkyl halides is 1. The van der Waals surface area contributed by atoms with Gasteiger partial charge in [-0.3, -0.25) is 4.79 Å². The van der Waals surface area contributed by atoms with Gasteiger partial charge in [0.25, 0.3) is 0 Å². The highest BCUT2D eigenvalue weighted by molar-refractivity contribution is 9.10. The Kier molecular flexibility index (Phi) is 4.75. The van der Waals surface area contributed by atoms with Crippen molar-refractivity contribution in [2.45, 2.75) is 51.0 Å². The molecule has 5 nitrogen and oxygen atoms in total. The van der Waals surface area contributed by atoms with Crippen LogP contribution < -0.4 is 15.1 Å². The first kappa shape index (κ1) is 19.7. The number of fused-ring (bicyclic) bond motifs is 3. The van der Waals surface area contributed by atoms with Gasteiger partial charge in [-0.1, -0.05) is 22.9 Å². The van der Waals surface area contributed by atoms with Gasteiger partial charge in [-0.2, -0.15) is 0 Å². The van der Waals surface area contributed by atoms with Crippen LogP contribution in [0.25, 0.3) is 17.0 Å². The van der Waals surface area contributed by atoms with E-state index in [0.29, 0.717) is 34.4 Å². The Labute approximate surface area is 166 Å². The highest BCUT2D eigenvalue weighted by atomic mass is 79.9. The van der Waals surface area contributed by atoms with E-state index in [1.54, 1.807) is 6.92 Å². The second kappa shape index (κ2) is 6.51. The molecule has 3 rings (SSSR count). The van der Waals surface area contributed by atoms with Crippen molar-refractivity contribution in [3.05, 3.63) is 39.3 Å². The first-order valence-corrected chi connectivity index (χ1v) is 9.62. The molecule has 0 fully saturated rings. The molecule has 0 N–H and O–H groups in total. The predicted octanol–water partition coefficient (Wildman–Crippen LogP) is 5.04. The van der Waals surface area contributed by atoms with Crippen LogP contribution in [-0.2, 0) is 0 Å². The third-order valence-electron chi connectivity index (χ3n) is 4.91. The molecular formula is C21H23BrO5. The molecule has 0 bridgehead atoms. The minimum absolute atomic E-state index is 0.200. The number of halogens is 1. The summed E-state index contributed by atoms with van der Waals surface area (Å²) < 4.78 is 16.5. The summed E-state index contributed by atoms with van der Waals surface area (Å²) in [5.74, 6) is 0.698. The molecule has 0 saturated carbocycles. The van der Waals surface area contributed by atoms with Gasteiger partial charge in [-0.25, -0.2) is 4.79 Å². The SMILES string of the molecule is CCC(C)(Br)C(=O)c1c(OC)c2c(c3c(C)cc(=O)oc13)OC(C)(C)C=C2. The maximum atomic E-state index is 13.4. The molecule has 1 aromatic carbocycles. The summed E-state index contributed by atoms with van der Waals surface area (Å²) in [6.45, 7) is 9.38. The zero-order chi connectivity index (χ0) is 20.1. The zero-order valence-corrected chi connectivity index (χ0v) is 17.9. The van der Waals surface area contributed by atoms with Crippen LogP contribution in [-0.4, -0.2) is 22.8 Å². The molecule has 0 saturated heterocycles. The molecule has 1 unspecified atom stereocenters. The Bertz CT molecular complexity index is 1030. The average Bonchev–Trinajstić information content (AvgIpc) is 2.58. The topological polar surface area (TPSA) is 65.7 Å². The number of ketones is 1. The highest BCUT2D eigenvalue weighted by Gasteiger charge is 2.38. The van der Waals surface area contributed by atoms with E-state index in [-0.39, 0.29) is 16.9 Å². The van der Waals surface area contributed by atoms with E-state index in [0.717, 1.165) is 0 Å². The van der Waals surface area contributed by atoms with Crippen LogP contribution in [0.4, 0.5) is 0 Å². The minimum Gasteiger partial charge on any atom is -0.495 e. The third-order valence-corrected chi connectivity index (χ3v) is 5.83. The standard InChI is InChI=1S/C21H23BrO5/c1-7-21(5,22)19(24)15-16(25-6)12-8-9-20(3,4)27-17(12)14-11(2)10-13(23)26-18(14)15/h8-10H,7H2,1-6H3. The molecule has 1 aliphatic heterocycles. The summed E-state index contributed by atoms with van der Waals surface area (Å²) in [5, 5.41) is 0.616. The Hall–Kier alpha value is -2.08. The normalized spacial score (nSPS) is 17.1. The number of aryl methyl sites for hydroxylation is 1. The van der Waals surface area contributed by atoms with Gasteiger partial charge in [-0.05, 0) is 51.8 Å². The predicted molar refractivity (Wildman–Crippen MR) is 109 cm³/mol. The number of carbonyl (C=O) groups excluding carboxylic acids is 1. The van der Waals surface area contributed by atoms with Gasteiger partial charge in [-0.15, -0.1) is 0 Å². The molecule has 2 aromatic rings. The first-order valence-electron chi connectivity index (χ1n) is 8.82. The Balaban J connectivity index is 2.53. The summed E-state index contributed by atoms with van der Waals surface area (Å²) in [4.78, 5) is 25.5. The molecular weight excluding hydrogens is 412 g/mol. The van der Waals surface area contributed by atoms with Crippen LogP contribution in [0.2, 0.25) is 0 Å². The summed E-state index contributed by atoms with van der Waals surface area (Å²) in [7, 11) is 1.50. The van der Waals surface area contributed by atoms with Gasteiger partial charge in [0.2, 0.25) is 0 Å². The van der Waals surface area contributed by atoms with Gasteiger partial charge in [0, 0.05) is 6.07 Å². The van der Waals surface area contributed by atoms with Crippen molar-refractivity contribution in [2.24, 2.45) is 0 Å². The van der Waals surface area contributed by atoms with E-state index in [4.69, 9.17) is 13.9 Å². The summed E-state index contributed by atoms with van der Waals surface area (Å²) >= 11 is 3.51. The number of ether oxygens (including phenoxy) is 2. The van der Waals surface area contributed by atoms with Gasteiger partial charge in [0.05, 0.1) is 22.4 Å². The Morgan fingerprint density at radius 2 is 2.04 bits per heavy atom. The van der Waals surface area contributed by atoms with Crippen LogP contribution >= 0.6 is 15.9 Å².